The van der Waals surface area contributed by atoms with Crippen molar-refractivity contribution in [2.75, 3.05) is 18.2 Å². The van der Waals surface area contributed by atoms with Crippen LogP contribution in [0.3, 0.4) is 0 Å². The van der Waals surface area contributed by atoms with Crippen LogP contribution in [-0.2, 0) is 11.3 Å². The number of anilines is 2. The maximum atomic E-state index is 11.5. The number of nitrogens with one attached hydrogen (secondary N) is 2. The number of carbonyl (C=O) groups excluding carboxylic acids is 1. The first-order chi connectivity index (χ1) is 9.10. The topological polar surface area (TPSA) is 110 Å². The number of methoxy groups -OCH3 is 1. The maximum absolute atomic E-state index is 11.5. The second-order valence-electron chi connectivity index (χ2n) is 3.68. The molecule has 0 saturated heterocycles. The first-order valence-electron chi connectivity index (χ1n) is 5.34. The van der Waals surface area contributed by atoms with E-state index in [1.54, 1.807) is 5.38 Å². The Bertz CT molecular complexity index is 649. The molecule has 0 unspecified atom stereocenters. The molecule has 100 valence electrons. The Kier molecular flexibility index (Phi) is 3.81. The molecule has 2 heterocycles. The molecule has 2 aromatic heterocycles. The van der Waals surface area contributed by atoms with Gasteiger partial charge in [0, 0.05) is 11.1 Å². The number of rotatable bonds is 4. The molecular formula is C11H12N4O3S. The third kappa shape index (κ3) is 3.10. The zero-order valence-corrected chi connectivity index (χ0v) is 10.9. The third-order valence-electron chi connectivity index (χ3n) is 2.37. The summed E-state index contributed by atoms with van der Waals surface area (Å²) in [6.45, 7) is 0.399. The van der Waals surface area contributed by atoms with E-state index in [0.29, 0.717) is 12.4 Å². The summed E-state index contributed by atoms with van der Waals surface area (Å²) in [6, 6.07) is 1.51. The van der Waals surface area contributed by atoms with E-state index in [-0.39, 0.29) is 16.1 Å². The average Bonchev–Trinajstić information content (AvgIpc) is 2.83. The van der Waals surface area contributed by atoms with E-state index in [1.165, 1.54) is 19.4 Å². The van der Waals surface area contributed by atoms with Crippen LogP contribution in [0, 0.1) is 0 Å². The first kappa shape index (κ1) is 13.1. The Hall–Kier alpha value is -2.35. The molecule has 0 bridgehead atoms. The predicted octanol–water partition coefficient (Wildman–Crippen LogP) is 0.812. The lowest BCUT2D eigenvalue weighted by Gasteiger charge is -2.07. The van der Waals surface area contributed by atoms with Crippen molar-refractivity contribution in [3.05, 3.63) is 38.6 Å². The van der Waals surface area contributed by atoms with Gasteiger partial charge in [0.05, 0.1) is 31.1 Å². The highest BCUT2D eigenvalue weighted by Crippen LogP contribution is 2.16. The molecule has 0 atom stereocenters. The zero-order valence-electron chi connectivity index (χ0n) is 10.1. The van der Waals surface area contributed by atoms with Gasteiger partial charge < -0.3 is 20.8 Å². The van der Waals surface area contributed by atoms with Crippen molar-refractivity contribution < 1.29 is 9.53 Å². The lowest BCUT2D eigenvalue weighted by atomic mass is 10.2. The van der Waals surface area contributed by atoms with Gasteiger partial charge in [-0.3, -0.25) is 4.79 Å². The predicted molar refractivity (Wildman–Crippen MR) is 72.3 cm³/mol. The molecular weight excluding hydrogens is 268 g/mol. The van der Waals surface area contributed by atoms with Crippen LogP contribution in [0.1, 0.15) is 16.1 Å². The quantitative estimate of drug-likeness (QED) is 0.715. The van der Waals surface area contributed by atoms with Gasteiger partial charge in [-0.15, -0.1) is 0 Å². The summed E-state index contributed by atoms with van der Waals surface area (Å²) in [5.74, 6) is -0.0476. The largest absolute Gasteiger partial charge is 0.465 e. The molecule has 0 fully saturated rings. The number of pyridine rings is 1. The van der Waals surface area contributed by atoms with Crippen molar-refractivity contribution in [3.8, 4) is 0 Å². The fourth-order valence-electron chi connectivity index (χ4n) is 1.44. The van der Waals surface area contributed by atoms with Gasteiger partial charge in [-0.1, -0.05) is 11.3 Å². The van der Waals surface area contributed by atoms with Gasteiger partial charge >= 0.3 is 10.8 Å². The number of nitrogen functional groups attached to an aromatic ring is 1. The Morgan fingerprint density at radius 3 is 3.05 bits per heavy atom. The lowest BCUT2D eigenvalue weighted by molar-refractivity contribution is 0.0602. The molecule has 0 aliphatic carbocycles. The van der Waals surface area contributed by atoms with Crippen molar-refractivity contribution >= 4 is 28.8 Å². The van der Waals surface area contributed by atoms with E-state index in [2.05, 4.69) is 20.0 Å². The first-order valence-corrected chi connectivity index (χ1v) is 6.22. The number of aromatic amines is 1. The normalized spacial score (nSPS) is 10.2. The van der Waals surface area contributed by atoms with Gasteiger partial charge in [0.25, 0.3) is 0 Å². The van der Waals surface area contributed by atoms with Gasteiger partial charge in [0.15, 0.2) is 0 Å². The molecule has 0 spiro atoms. The van der Waals surface area contributed by atoms with Gasteiger partial charge in [-0.25, -0.2) is 9.78 Å². The molecule has 0 radical (unpaired) electrons. The Balaban J connectivity index is 2.12. The van der Waals surface area contributed by atoms with Crippen LogP contribution < -0.4 is 15.9 Å². The molecule has 4 N–H and O–H groups in total. The van der Waals surface area contributed by atoms with Crippen LogP contribution in [0.5, 0.6) is 0 Å². The lowest BCUT2D eigenvalue weighted by Crippen LogP contribution is -2.09. The molecule has 2 aromatic rings. The second kappa shape index (κ2) is 5.53. The van der Waals surface area contributed by atoms with Gasteiger partial charge in [0.1, 0.15) is 5.82 Å². The Morgan fingerprint density at radius 2 is 2.42 bits per heavy atom. The number of aromatic nitrogens is 2. The number of thiazole rings is 1. The number of nitrogens with zero attached hydrogens (tertiary/aromatic N) is 1. The monoisotopic (exact) mass is 280 g/mol. The molecule has 7 nitrogen and oxygen atoms in total. The van der Waals surface area contributed by atoms with Gasteiger partial charge in [-0.2, -0.15) is 0 Å². The zero-order chi connectivity index (χ0) is 13.8. The van der Waals surface area contributed by atoms with E-state index in [4.69, 9.17) is 5.73 Å². The van der Waals surface area contributed by atoms with Crippen LogP contribution >= 0.6 is 11.3 Å². The van der Waals surface area contributed by atoms with Crippen LogP contribution in [0.25, 0.3) is 0 Å². The number of H-pyrrole nitrogens is 1. The van der Waals surface area contributed by atoms with Crippen LogP contribution in [0.4, 0.5) is 11.5 Å². The van der Waals surface area contributed by atoms with Crippen molar-refractivity contribution in [1.29, 1.82) is 0 Å². The Labute approximate surface area is 112 Å². The molecule has 0 amide bonds. The minimum atomic E-state index is -0.521. The molecule has 0 aliphatic rings. The summed E-state index contributed by atoms with van der Waals surface area (Å²) in [5, 5.41) is 4.70. The standard InChI is InChI=1S/C11H12N4O3S/c1-18-10(16)7-2-9(14-4-8(7)12)13-3-6-5-19-11(17)15-6/h2,4-5H,3,12H2,1H3,(H,13,14)(H,15,17). The van der Waals surface area contributed by atoms with E-state index < -0.39 is 5.97 Å². The summed E-state index contributed by atoms with van der Waals surface area (Å²) in [5.41, 5.74) is 6.88. The highest BCUT2D eigenvalue weighted by atomic mass is 32.1. The van der Waals surface area contributed by atoms with E-state index in [1.807, 2.05) is 0 Å². The third-order valence-corrected chi connectivity index (χ3v) is 3.09. The number of nitrogens with two attached hydrogens (primary N) is 1. The molecule has 19 heavy (non-hydrogen) atoms. The fraction of sp³-hybridized carbons (Fsp3) is 0.182. The van der Waals surface area contributed by atoms with Gasteiger partial charge in [-0.05, 0) is 6.07 Å². The number of hydrogen-bond acceptors (Lipinski definition) is 7. The Morgan fingerprint density at radius 1 is 1.63 bits per heavy atom. The SMILES string of the molecule is COC(=O)c1cc(NCc2csc(=O)[nH]2)ncc1N. The van der Waals surface area contributed by atoms with Crippen LogP contribution in [-0.4, -0.2) is 23.0 Å². The van der Waals surface area contributed by atoms with Gasteiger partial charge in [0.2, 0.25) is 0 Å². The number of carbonyl (C=O) groups is 1. The van der Waals surface area contributed by atoms with E-state index in [9.17, 15) is 9.59 Å². The summed E-state index contributed by atoms with van der Waals surface area (Å²) in [7, 11) is 1.28. The summed E-state index contributed by atoms with van der Waals surface area (Å²) in [4.78, 5) is 29.0. The van der Waals surface area contributed by atoms with Crippen molar-refractivity contribution in [1.82, 2.24) is 9.97 Å². The summed E-state index contributed by atoms with van der Waals surface area (Å²) in [6.07, 6.45) is 1.38. The molecule has 0 saturated carbocycles. The average molecular weight is 280 g/mol. The summed E-state index contributed by atoms with van der Waals surface area (Å²) >= 11 is 1.09. The van der Waals surface area contributed by atoms with E-state index >= 15 is 0 Å². The van der Waals surface area contributed by atoms with E-state index in [0.717, 1.165) is 17.0 Å². The van der Waals surface area contributed by atoms with Crippen molar-refractivity contribution in [2.24, 2.45) is 0 Å². The molecule has 8 heteroatoms. The highest BCUT2D eigenvalue weighted by Gasteiger charge is 2.11. The minimum absolute atomic E-state index is 0.114. The second-order valence-corrected chi connectivity index (χ2v) is 4.52. The molecule has 0 aliphatic heterocycles. The van der Waals surface area contributed by atoms with Crippen LogP contribution in [0.2, 0.25) is 0 Å². The smallest absolute Gasteiger partial charge is 0.340 e. The van der Waals surface area contributed by atoms with Crippen molar-refractivity contribution in [3.63, 3.8) is 0 Å². The molecule has 0 aromatic carbocycles. The minimum Gasteiger partial charge on any atom is -0.465 e. The molecule has 2 rings (SSSR count). The number of hydrogen-bond donors (Lipinski definition) is 3. The highest BCUT2D eigenvalue weighted by molar-refractivity contribution is 7.07. The number of esters is 1. The maximum Gasteiger partial charge on any atom is 0.340 e. The summed E-state index contributed by atoms with van der Waals surface area (Å²) < 4.78 is 4.62. The number of ether oxygens (including phenoxy) is 1. The van der Waals surface area contributed by atoms with Crippen molar-refractivity contribution in [2.45, 2.75) is 6.54 Å². The van der Waals surface area contributed by atoms with Crippen LogP contribution in [0.15, 0.2) is 22.4 Å². The fourth-order valence-corrected chi connectivity index (χ4v) is 2.02.